The summed E-state index contributed by atoms with van der Waals surface area (Å²) in [6, 6.07) is 10.1. The molecule has 1 heterocycles. The van der Waals surface area contributed by atoms with Crippen molar-refractivity contribution < 1.29 is 4.74 Å². The standard InChI is InChI=1S/C13H15N3O/c1-10-4-3-5-11(6-10)8-14-12-7-13(17-2)16-9-15-12/h3-7,9H,8H2,1-2H3,(H,14,15,16). The molecule has 0 fully saturated rings. The van der Waals surface area contributed by atoms with Gasteiger partial charge in [0.05, 0.1) is 7.11 Å². The SMILES string of the molecule is COc1cc(NCc2cccc(C)c2)ncn1. The van der Waals surface area contributed by atoms with Gasteiger partial charge in [-0.15, -0.1) is 0 Å². The molecule has 0 unspecified atom stereocenters. The number of hydrogen-bond donors (Lipinski definition) is 1. The van der Waals surface area contributed by atoms with Crippen LogP contribution in [0.1, 0.15) is 11.1 Å². The largest absolute Gasteiger partial charge is 0.481 e. The first kappa shape index (κ1) is 11.4. The van der Waals surface area contributed by atoms with Crippen LogP contribution in [-0.2, 0) is 6.54 Å². The number of aryl methyl sites for hydroxylation is 1. The number of nitrogens with zero attached hydrogens (tertiary/aromatic N) is 2. The molecule has 4 nitrogen and oxygen atoms in total. The van der Waals surface area contributed by atoms with Gasteiger partial charge in [-0.2, -0.15) is 0 Å². The van der Waals surface area contributed by atoms with E-state index in [9.17, 15) is 0 Å². The van der Waals surface area contributed by atoms with Crippen molar-refractivity contribution in [1.82, 2.24) is 9.97 Å². The second kappa shape index (κ2) is 5.30. The third-order valence-corrected chi connectivity index (χ3v) is 2.41. The molecule has 0 aliphatic heterocycles. The molecule has 2 rings (SSSR count). The van der Waals surface area contributed by atoms with Crippen LogP contribution in [0.2, 0.25) is 0 Å². The minimum atomic E-state index is 0.562. The van der Waals surface area contributed by atoms with Crippen molar-refractivity contribution in [2.75, 3.05) is 12.4 Å². The molecule has 1 N–H and O–H groups in total. The summed E-state index contributed by atoms with van der Waals surface area (Å²) < 4.78 is 5.03. The highest BCUT2D eigenvalue weighted by molar-refractivity contribution is 5.38. The predicted molar refractivity (Wildman–Crippen MR) is 67.1 cm³/mol. The van der Waals surface area contributed by atoms with Crippen LogP contribution in [0.5, 0.6) is 5.88 Å². The minimum Gasteiger partial charge on any atom is -0.481 e. The topological polar surface area (TPSA) is 47.0 Å². The summed E-state index contributed by atoms with van der Waals surface area (Å²) in [6.45, 7) is 2.82. The second-order valence-corrected chi connectivity index (χ2v) is 3.79. The Morgan fingerprint density at radius 3 is 2.88 bits per heavy atom. The van der Waals surface area contributed by atoms with Crippen molar-refractivity contribution in [2.24, 2.45) is 0 Å². The number of rotatable bonds is 4. The van der Waals surface area contributed by atoms with Gasteiger partial charge in [-0.1, -0.05) is 29.8 Å². The van der Waals surface area contributed by atoms with Gasteiger partial charge in [-0.3, -0.25) is 0 Å². The number of ether oxygens (including phenoxy) is 1. The summed E-state index contributed by atoms with van der Waals surface area (Å²) in [4.78, 5) is 8.08. The summed E-state index contributed by atoms with van der Waals surface area (Å²) in [5, 5.41) is 3.23. The number of nitrogens with one attached hydrogen (secondary N) is 1. The van der Waals surface area contributed by atoms with Gasteiger partial charge in [0.2, 0.25) is 5.88 Å². The Bertz CT molecular complexity index is 500. The highest BCUT2D eigenvalue weighted by Crippen LogP contribution is 2.12. The maximum absolute atomic E-state index is 5.03. The Morgan fingerprint density at radius 2 is 2.12 bits per heavy atom. The Balaban J connectivity index is 2.02. The van der Waals surface area contributed by atoms with Crippen molar-refractivity contribution in [2.45, 2.75) is 13.5 Å². The summed E-state index contributed by atoms with van der Waals surface area (Å²) in [7, 11) is 1.59. The van der Waals surface area contributed by atoms with Gasteiger partial charge in [0.25, 0.3) is 0 Å². The zero-order valence-electron chi connectivity index (χ0n) is 9.97. The monoisotopic (exact) mass is 229 g/mol. The molecule has 0 aliphatic carbocycles. The molecule has 0 bridgehead atoms. The van der Waals surface area contributed by atoms with Crippen molar-refractivity contribution in [3.8, 4) is 5.88 Å². The number of aromatic nitrogens is 2. The Kier molecular flexibility index (Phi) is 3.55. The molecular formula is C13H15N3O. The third-order valence-electron chi connectivity index (χ3n) is 2.41. The zero-order chi connectivity index (χ0) is 12.1. The lowest BCUT2D eigenvalue weighted by Crippen LogP contribution is -2.02. The molecule has 88 valence electrons. The van der Waals surface area contributed by atoms with E-state index in [1.807, 2.05) is 6.07 Å². The molecule has 4 heteroatoms. The van der Waals surface area contributed by atoms with Gasteiger partial charge in [0.1, 0.15) is 12.1 Å². The molecule has 0 amide bonds. The van der Waals surface area contributed by atoms with E-state index in [-0.39, 0.29) is 0 Å². The first-order valence-electron chi connectivity index (χ1n) is 5.43. The van der Waals surface area contributed by atoms with Crippen molar-refractivity contribution in [3.05, 3.63) is 47.8 Å². The van der Waals surface area contributed by atoms with E-state index in [0.29, 0.717) is 5.88 Å². The summed E-state index contributed by atoms with van der Waals surface area (Å²) in [6.07, 6.45) is 1.48. The molecule has 0 saturated carbocycles. The fraction of sp³-hybridized carbons (Fsp3) is 0.231. The number of methoxy groups -OCH3 is 1. The van der Waals surface area contributed by atoms with Gasteiger partial charge in [0.15, 0.2) is 0 Å². The molecule has 0 atom stereocenters. The molecule has 17 heavy (non-hydrogen) atoms. The van der Waals surface area contributed by atoms with E-state index >= 15 is 0 Å². The maximum atomic E-state index is 5.03. The lowest BCUT2D eigenvalue weighted by molar-refractivity contribution is 0.397. The molecule has 1 aromatic carbocycles. The van der Waals surface area contributed by atoms with E-state index in [2.05, 4.69) is 40.4 Å². The highest BCUT2D eigenvalue weighted by Gasteiger charge is 1.98. The molecular weight excluding hydrogens is 214 g/mol. The van der Waals surface area contributed by atoms with E-state index in [0.717, 1.165) is 12.4 Å². The van der Waals surface area contributed by atoms with Gasteiger partial charge >= 0.3 is 0 Å². The normalized spacial score (nSPS) is 10.0. The summed E-state index contributed by atoms with van der Waals surface area (Å²) in [5.41, 5.74) is 2.48. The van der Waals surface area contributed by atoms with E-state index in [1.54, 1.807) is 13.2 Å². The Hall–Kier alpha value is -2.10. The van der Waals surface area contributed by atoms with E-state index in [1.165, 1.54) is 17.5 Å². The molecule has 0 spiro atoms. The van der Waals surface area contributed by atoms with E-state index < -0.39 is 0 Å². The van der Waals surface area contributed by atoms with Crippen LogP contribution < -0.4 is 10.1 Å². The smallest absolute Gasteiger partial charge is 0.218 e. The van der Waals surface area contributed by atoms with Gasteiger partial charge in [-0.05, 0) is 12.5 Å². The molecule has 0 radical (unpaired) electrons. The van der Waals surface area contributed by atoms with Crippen molar-refractivity contribution in [1.29, 1.82) is 0 Å². The van der Waals surface area contributed by atoms with Gasteiger partial charge in [0, 0.05) is 12.6 Å². The quantitative estimate of drug-likeness (QED) is 0.874. The average molecular weight is 229 g/mol. The highest BCUT2D eigenvalue weighted by atomic mass is 16.5. The van der Waals surface area contributed by atoms with Crippen LogP contribution in [0, 0.1) is 6.92 Å². The number of anilines is 1. The third kappa shape index (κ3) is 3.17. The van der Waals surface area contributed by atoms with Crippen LogP contribution in [0.25, 0.3) is 0 Å². The van der Waals surface area contributed by atoms with Gasteiger partial charge in [-0.25, -0.2) is 9.97 Å². The Morgan fingerprint density at radius 1 is 1.24 bits per heavy atom. The maximum Gasteiger partial charge on any atom is 0.218 e. The molecule has 0 aliphatic rings. The fourth-order valence-corrected chi connectivity index (χ4v) is 1.56. The van der Waals surface area contributed by atoms with Crippen molar-refractivity contribution >= 4 is 5.82 Å². The average Bonchev–Trinajstić information content (AvgIpc) is 2.37. The number of benzene rings is 1. The zero-order valence-corrected chi connectivity index (χ0v) is 9.97. The summed E-state index contributed by atoms with van der Waals surface area (Å²) in [5.74, 6) is 1.32. The first-order valence-corrected chi connectivity index (χ1v) is 5.43. The van der Waals surface area contributed by atoms with Crippen molar-refractivity contribution in [3.63, 3.8) is 0 Å². The van der Waals surface area contributed by atoms with Crippen LogP contribution in [0.15, 0.2) is 36.7 Å². The first-order chi connectivity index (χ1) is 8.28. The minimum absolute atomic E-state index is 0.562. The Labute approximate surface area is 101 Å². The fourth-order valence-electron chi connectivity index (χ4n) is 1.56. The number of hydrogen-bond acceptors (Lipinski definition) is 4. The predicted octanol–water partition coefficient (Wildman–Crippen LogP) is 2.41. The van der Waals surface area contributed by atoms with Crippen LogP contribution in [0.3, 0.4) is 0 Å². The molecule has 2 aromatic rings. The van der Waals surface area contributed by atoms with E-state index in [4.69, 9.17) is 4.74 Å². The van der Waals surface area contributed by atoms with Crippen LogP contribution in [-0.4, -0.2) is 17.1 Å². The van der Waals surface area contributed by atoms with Gasteiger partial charge < -0.3 is 10.1 Å². The van der Waals surface area contributed by atoms with Crippen LogP contribution in [0.4, 0.5) is 5.82 Å². The second-order valence-electron chi connectivity index (χ2n) is 3.79. The lowest BCUT2D eigenvalue weighted by Gasteiger charge is -2.07. The van der Waals surface area contributed by atoms with Crippen LogP contribution >= 0.6 is 0 Å². The lowest BCUT2D eigenvalue weighted by atomic mass is 10.1. The summed E-state index contributed by atoms with van der Waals surface area (Å²) >= 11 is 0. The molecule has 1 aromatic heterocycles. The molecule has 0 saturated heterocycles.